The fourth-order valence-electron chi connectivity index (χ4n) is 1.12. The van der Waals surface area contributed by atoms with Crippen LogP contribution in [0.2, 0.25) is 0 Å². The first-order valence-electron chi connectivity index (χ1n) is 5.04. The van der Waals surface area contributed by atoms with Gasteiger partial charge >= 0.3 is 12.3 Å². The van der Waals surface area contributed by atoms with Gasteiger partial charge in [-0.2, -0.15) is 8.78 Å². The summed E-state index contributed by atoms with van der Waals surface area (Å²) in [5.74, 6) is -4.19. The topological polar surface area (TPSA) is 55.0 Å². The Bertz CT molecular complexity index is 473. The minimum Gasteiger partial charge on any atom is -0.367 e. The van der Waals surface area contributed by atoms with Gasteiger partial charge in [-0.25, -0.2) is 13.8 Å². The summed E-state index contributed by atoms with van der Waals surface area (Å²) < 4.78 is 53.1. The van der Waals surface area contributed by atoms with E-state index in [0.29, 0.717) is 11.3 Å². The van der Waals surface area contributed by atoms with E-state index in [-0.39, 0.29) is 5.82 Å². The summed E-state index contributed by atoms with van der Waals surface area (Å²) in [5.41, 5.74) is 0.413. The number of aromatic amines is 1. The van der Waals surface area contributed by atoms with Gasteiger partial charge in [0.25, 0.3) is 5.56 Å². The molecule has 0 radical (unpaired) electrons. The van der Waals surface area contributed by atoms with E-state index in [9.17, 15) is 22.4 Å². The van der Waals surface area contributed by atoms with E-state index in [2.05, 4.69) is 14.7 Å². The van der Waals surface area contributed by atoms with Gasteiger partial charge in [0.1, 0.15) is 19.0 Å². The molecule has 1 aromatic heterocycles. The molecular formula is C10H12F4N2O2. The number of halogens is 4. The summed E-state index contributed by atoms with van der Waals surface area (Å²) in [4.78, 5) is 17.5. The highest BCUT2D eigenvalue weighted by Crippen LogP contribution is 2.23. The Balaban J connectivity index is 2.63. The van der Waals surface area contributed by atoms with E-state index in [1.54, 1.807) is 13.8 Å². The molecule has 0 saturated carbocycles. The lowest BCUT2D eigenvalue weighted by molar-refractivity contribution is -0.168. The number of alkyl halides is 4. The smallest absolute Gasteiger partial charge is 0.330 e. The molecule has 0 unspecified atom stereocenters. The molecule has 0 saturated heterocycles. The van der Waals surface area contributed by atoms with Crippen LogP contribution < -0.4 is 5.56 Å². The number of aromatic nitrogens is 2. The molecule has 1 heterocycles. The number of nitrogens with one attached hydrogen (secondary N) is 1. The first-order valence-corrected chi connectivity index (χ1v) is 5.04. The molecular weight excluding hydrogens is 256 g/mol. The van der Waals surface area contributed by atoms with Crippen molar-refractivity contribution in [2.24, 2.45) is 0 Å². The second kappa shape index (κ2) is 5.47. The summed E-state index contributed by atoms with van der Waals surface area (Å²) in [5, 5.41) is 0. The van der Waals surface area contributed by atoms with E-state index in [1.807, 2.05) is 0 Å². The van der Waals surface area contributed by atoms with Gasteiger partial charge in [0.2, 0.25) is 0 Å². The van der Waals surface area contributed by atoms with Crippen molar-refractivity contribution in [3.8, 4) is 0 Å². The van der Waals surface area contributed by atoms with Crippen molar-refractivity contribution in [1.82, 2.24) is 9.97 Å². The van der Waals surface area contributed by atoms with Gasteiger partial charge in [0.15, 0.2) is 0 Å². The molecule has 4 nitrogen and oxygen atoms in total. The van der Waals surface area contributed by atoms with Gasteiger partial charge in [-0.1, -0.05) is 0 Å². The molecule has 1 aromatic rings. The maximum atomic E-state index is 12.5. The Labute approximate surface area is 100.0 Å². The van der Waals surface area contributed by atoms with Crippen LogP contribution in [0.15, 0.2) is 4.79 Å². The zero-order valence-corrected chi connectivity index (χ0v) is 9.77. The zero-order valence-electron chi connectivity index (χ0n) is 9.77. The molecule has 0 bridgehead atoms. The number of rotatable bonds is 5. The first-order chi connectivity index (χ1) is 8.24. The summed E-state index contributed by atoms with van der Waals surface area (Å²) >= 11 is 0. The number of hydrogen-bond donors (Lipinski definition) is 1. The van der Waals surface area contributed by atoms with Gasteiger partial charge in [-0.05, 0) is 13.8 Å². The quantitative estimate of drug-likeness (QED) is 0.828. The van der Waals surface area contributed by atoms with Crippen LogP contribution in [0.4, 0.5) is 17.6 Å². The molecule has 102 valence electrons. The van der Waals surface area contributed by atoms with Gasteiger partial charge in [-0.15, -0.1) is 0 Å². The monoisotopic (exact) mass is 268 g/mol. The fraction of sp³-hybridized carbons (Fsp3) is 0.600. The predicted octanol–water partition coefficient (Wildman–Crippen LogP) is 1.80. The van der Waals surface area contributed by atoms with Crippen LogP contribution in [0.25, 0.3) is 0 Å². The minimum atomic E-state index is -4.21. The van der Waals surface area contributed by atoms with Crippen LogP contribution >= 0.6 is 0 Å². The van der Waals surface area contributed by atoms with Crippen molar-refractivity contribution in [1.29, 1.82) is 0 Å². The highest BCUT2D eigenvalue weighted by atomic mass is 19.3. The number of nitrogens with zero attached hydrogens (tertiary/aromatic N) is 1. The van der Waals surface area contributed by atoms with Crippen LogP contribution in [0, 0.1) is 13.8 Å². The normalized spacial score (nSPS) is 12.2. The molecule has 0 amide bonds. The highest BCUT2D eigenvalue weighted by Gasteiger charge is 2.40. The van der Waals surface area contributed by atoms with Crippen molar-refractivity contribution in [2.45, 2.75) is 32.8 Å². The highest BCUT2D eigenvalue weighted by molar-refractivity contribution is 5.13. The zero-order chi connectivity index (χ0) is 13.9. The maximum Gasteiger partial charge on any atom is 0.330 e. The fourth-order valence-corrected chi connectivity index (χ4v) is 1.12. The summed E-state index contributed by atoms with van der Waals surface area (Å²) in [7, 11) is 0. The van der Waals surface area contributed by atoms with Crippen molar-refractivity contribution >= 4 is 0 Å². The minimum absolute atomic E-state index is 0.0215. The first kappa shape index (κ1) is 14.6. The van der Waals surface area contributed by atoms with Crippen molar-refractivity contribution in [3.05, 3.63) is 27.4 Å². The maximum absolute atomic E-state index is 12.5. The second-order valence-electron chi connectivity index (χ2n) is 3.78. The number of aryl methyl sites for hydroxylation is 1. The third-order valence-corrected chi connectivity index (χ3v) is 2.30. The third kappa shape index (κ3) is 3.52. The molecule has 0 aliphatic heterocycles. The number of H-pyrrole nitrogens is 1. The molecule has 0 aliphatic carbocycles. The van der Waals surface area contributed by atoms with Crippen molar-refractivity contribution < 1.29 is 22.3 Å². The lowest BCUT2D eigenvalue weighted by Gasteiger charge is -2.14. The lowest BCUT2D eigenvalue weighted by Crippen LogP contribution is -2.32. The Morgan fingerprint density at radius 3 is 2.50 bits per heavy atom. The average molecular weight is 268 g/mol. The Kier molecular flexibility index (Phi) is 4.44. The van der Waals surface area contributed by atoms with Gasteiger partial charge < -0.3 is 9.72 Å². The van der Waals surface area contributed by atoms with Gasteiger partial charge in [0.05, 0.1) is 0 Å². The molecule has 0 aromatic carbocycles. The summed E-state index contributed by atoms with van der Waals surface area (Å²) in [6.07, 6.45) is -3.79. The van der Waals surface area contributed by atoms with E-state index in [4.69, 9.17) is 0 Å². The Morgan fingerprint density at radius 1 is 1.39 bits per heavy atom. The molecule has 0 spiro atoms. The number of ether oxygens (including phenoxy) is 1. The van der Waals surface area contributed by atoms with Gasteiger partial charge in [-0.3, -0.25) is 4.79 Å². The molecule has 18 heavy (non-hydrogen) atoms. The van der Waals surface area contributed by atoms with Crippen LogP contribution in [0.3, 0.4) is 0 Å². The largest absolute Gasteiger partial charge is 0.367 e. The summed E-state index contributed by atoms with van der Waals surface area (Å²) in [6, 6.07) is 0. The van der Waals surface area contributed by atoms with Crippen LogP contribution in [0.5, 0.6) is 0 Å². The molecule has 0 atom stereocenters. The van der Waals surface area contributed by atoms with Crippen LogP contribution in [0.1, 0.15) is 17.1 Å². The van der Waals surface area contributed by atoms with Crippen molar-refractivity contribution in [3.63, 3.8) is 0 Å². The van der Waals surface area contributed by atoms with E-state index >= 15 is 0 Å². The van der Waals surface area contributed by atoms with Crippen molar-refractivity contribution in [2.75, 3.05) is 6.61 Å². The van der Waals surface area contributed by atoms with E-state index in [1.165, 1.54) is 0 Å². The average Bonchev–Trinajstić information content (AvgIpc) is 2.25. The Morgan fingerprint density at radius 2 is 2.00 bits per heavy atom. The van der Waals surface area contributed by atoms with E-state index in [0.717, 1.165) is 0 Å². The van der Waals surface area contributed by atoms with E-state index < -0.39 is 31.1 Å². The molecule has 1 N–H and O–H groups in total. The third-order valence-electron chi connectivity index (χ3n) is 2.30. The molecule has 0 fully saturated rings. The van der Waals surface area contributed by atoms with Crippen LogP contribution in [-0.4, -0.2) is 28.9 Å². The van der Waals surface area contributed by atoms with Crippen LogP contribution in [-0.2, 0) is 11.3 Å². The van der Waals surface area contributed by atoms with Gasteiger partial charge in [0, 0.05) is 11.3 Å². The lowest BCUT2D eigenvalue weighted by atomic mass is 10.3. The predicted molar refractivity (Wildman–Crippen MR) is 54.9 cm³/mol. The Hall–Kier alpha value is -1.44. The molecule has 0 aliphatic rings. The SMILES string of the molecule is Cc1nc(COCC(F)(F)C(F)F)[nH]c(=O)c1C. The summed E-state index contributed by atoms with van der Waals surface area (Å²) in [6.45, 7) is 1.23. The molecule has 8 heteroatoms. The number of hydrogen-bond acceptors (Lipinski definition) is 3. The second-order valence-corrected chi connectivity index (χ2v) is 3.78. The molecule has 1 rings (SSSR count). The standard InChI is InChI=1S/C10H12F4N2O2/c1-5-6(2)15-7(16-8(5)17)3-18-4-10(13,14)9(11)12/h9H,3-4H2,1-2H3,(H,15,16,17).